The van der Waals surface area contributed by atoms with Crippen molar-refractivity contribution in [3.8, 4) is 0 Å². The van der Waals surface area contributed by atoms with Crippen molar-refractivity contribution in [3.05, 3.63) is 66.2 Å². The van der Waals surface area contributed by atoms with Crippen molar-refractivity contribution in [2.24, 2.45) is 0 Å². The highest BCUT2D eigenvalue weighted by Gasteiger charge is 2.08. The maximum Gasteiger partial charge on any atom is 0.407 e. The lowest BCUT2D eigenvalue weighted by Crippen LogP contribution is -2.40. The highest BCUT2D eigenvalue weighted by molar-refractivity contribution is 5.95. The van der Waals surface area contributed by atoms with Crippen LogP contribution in [0.1, 0.15) is 5.56 Å². The normalized spacial score (nSPS) is 9.76. The van der Waals surface area contributed by atoms with Gasteiger partial charge in [0.15, 0.2) is 0 Å². The average molecular weight is 341 g/mol. The van der Waals surface area contributed by atoms with Crippen LogP contribution in [0.5, 0.6) is 0 Å². The van der Waals surface area contributed by atoms with Crippen molar-refractivity contribution < 1.29 is 19.1 Å². The summed E-state index contributed by atoms with van der Waals surface area (Å²) in [5.41, 5.74) is 1.49. The molecule has 0 saturated heterocycles. The topological polar surface area (TPSA) is 96.5 Å². The van der Waals surface area contributed by atoms with Gasteiger partial charge in [-0.25, -0.2) is 4.79 Å². The van der Waals surface area contributed by atoms with E-state index in [1.54, 1.807) is 24.3 Å². The number of alkyl carbamates (subject to hydrolysis) is 1. The fourth-order valence-electron chi connectivity index (χ4n) is 1.89. The van der Waals surface area contributed by atoms with Gasteiger partial charge in [0, 0.05) is 5.69 Å². The number of amides is 3. The highest BCUT2D eigenvalue weighted by Crippen LogP contribution is 2.04. The summed E-state index contributed by atoms with van der Waals surface area (Å²) in [7, 11) is 0. The molecule has 0 aliphatic rings. The van der Waals surface area contributed by atoms with Crippen molar-refractivity contribution in [1.82, 2.24) is 10.6 Å². The van der Waals surface area contributed by atoms with Crippen LogP contribution in [0, 0.1) is 0 Å². The maximum atomic E-state index is 11.7. The van der Waals surface area contributed by atoms with E-state index in [1.807, 2.05) is 36.4 Å². The number of nitrogens with one attached hydrogen (secondary N) is 3. The maximum absolute atomic E-state index is 11.7. The van der Waals surface area contributed by atoms with E-state index < -0.39 is 12.0 Å². The Balaban J connectivity index is 1.60. The van der Waals surface area contributed by atoms with Crippen molar-refractivity contribution in [2.75, 3.05) is 18.4 Å². The predicted octanol–water partition coefficient (Wildman–Crippen LogP) is 1.67. The van der Waals surface area contributed by atoms with Crippen LogP contribution in [-0.2, 0) is 20.9 Å². The Labute approximate surface area is 145 Å². The van der Waals surface area contributed by atoms with Gasteiger partial charge < -0.3 is 20.7 Å². The number of carbonyl (C=O) groups excluding carboxylic acids is 3. The molecule has 0 radical (unpaired) electrons. The van der Waals surface area contributed by atoms with E-state index in [4.69, 9.17) is 4.74 Å². The fraction of sp³-hybridized carbons (Fsp3) is 0.167. The number of hydrogen-bond acceptors (Lipinski definition) is 4. The lowest BCUT2D eigenvalue weighted by atomic mass is 10.2. The van der Waals surface area contributed by atoms with Crippen molar-refractivity contribution in [1.29, 1.82) is 0 Å². The van der Waals surface area contributed by atoms with Gasteiger partial charge >= 0.3 is 6.09 Å². The minimum Gasteiger partial charge on any atom is -0.445 e. The predicted molar refractivity (Wildman–Crippen MR) is 92.7 cm³/mol. The van der Waals surface area contributed by atoms with Gasteiger partial charge in [-0.3, -0.25) is 9.59 Å². The molecule has 0 aromatic heterocycles. The van der Waals surface area contributed by atoms with Gasteiger partial charge in [0.2, 0.25) is 11.8 Å². The summed E-state index contributed by atoms with van der Waals surface area (Å²) in [5.74, 6) is -0.842. The first-order chi connectivity index (χ1) is 12.1. The summed E-state index contributed by atoms with van der Waals surface area (Å²) in [6.07, 6.45) is -0.701. The number of benzene rings is 2. The molecule has 3 amide bonds. The summed E-state index contributed by atoms with van der Waals surface area (Å²) in [4.78, 5) is 34.8. The van der Waals surface area contributed by atoms with Crippen LogP contribution in [0.25, 0.3) is 0 Å². The van der Waals surface area contributed by atoms with Crippen LogP contribution in [0.4, 0.5) is 10.5 Å². The van der Waals surface area contributed by atoms with Crippen LogP contribution in [0.3, 0.4) is 0 Å². The molecular weight excluding hydrogens is 322 g/mol. The SMILES string of the molecule is O=C(CNC(=O)OCc1ccccc1)NCC(=O)Nc1ccccc1. The lowest BCUT2D eigenvalue weighted by Gasteiger charge is -2.08. The van der Waals surface area contributed by atoms with Crippen LogP contribution in [0.2, 0.25) is 0 Å². The highest BCUT2D eigenvalue weighted by atomic mass is 16.5. The van der Waals surface area contributed by atoms with Crippen LogP contribution in [0.15, 0.2) is 60.7 Å². The number of anilines is 1. The van der Waals surface area contributed by atoms with Crippen molar-refractivity contribution >= 4 is 23.6 Å². The van der Waals surface area contributed by atoms with Crippen molar-refractivity contribution in [2.45, 2.75) is 6.61 Å². The third kappa shape index (κ3) is 7.17. The Kier molecular flexibility index (Phi) is 6.99. The Morgan fingerprint density at radius 3 is 2.04 bits per heavy atom. The third-order valence-corrected chi connectivity index (χ3v) is 3.11. The molecule has 2 rings (SSSR count). The Morgan fingerprint density at radius 2 is 1.36 bits per heavy atom. The van der Waals surface area contributed by atoms with E-state index in [9.17, 15) is 14.4 Å². The monoisotopic (exact) mass is 341 g/mol. The zero-order valence-electron chi connectivity index (χ0n) is 13.5. The van der Waals surface area contributed by atoms with Crippen molar-refractivity contribution in [3.63, 3.8) is 0 Å². The summed E-state index contributed by atoms with van der Waals surface area (Å²) in [5, 5.41) is 7.37. The van der Waals surface area contributed by atoms with Gasteiger partial charge in [-0.05, 0) is 17.7 Å². The molecule has 0 saturated carbocycles. The van der Waals surface area contributed by atoms with Gasteiger partial charge in [-0.1, -0.05) is 48.5 Å². The van der Waals surface area contributed by atoms with Gasteiger partial charge in [0.25, 0.3) is 0 Å². The van der Waals surface area contributed by atoms with E-state index in [0.29, 0.717) is 5.69 Å². The average Bonchev–Trinajstić information content (AvgIpc) is 2.64. The van der Waals surface area contributed by atoms with Gasteiger partial charge in [-0.2, -0.15) is 0 Å². The number of hydrogen-bond donors (Lipinski definition) is 3. The number of ether oxygens (including phenoxy) is 1. The molecule has 0 bridgehead atoms. The molecule has 2 aromatic rings. The molecule has 3 N–H and O–H groups in total. The molecule has 0 aliphatic heterocycles. The van der Waals surface area contributed by atoms with Crippen LogP contribution < -0.4 is 16.0 Å². The number of carbonyl (C=O) groups is 3. The number of para-hydroxylation sites is 1. The molecule has 130 valence electrons. The molecule has 2 aromatic carbocycles. The zero-order valence-corrected chi connectivity index (χ0v) is 13.5. The second kappa shape index (κ2) is 9.71. The molecule has 0 unspecified atom stereocenters. The lowest BCUT2D eigenvalue weighted by molar-refractivity contribution is -0.123. The minimum absolute atomic E-state index is 0.119. The molecule has 0 aliphatic carbocycles. The smallest absolute Gasteiger partial charge is 0.407 e. The summed E-state index contributed by atoms with van der Waals surface area (Å²) in [6, 6.07) is 18.1. The molecule has 7 heteroatoms. The fourth-order valence-corrected chi connectivity index (χ4v) is 1.89. The van der Waals surface area contributed by atoms with E-state index in [0.717, 1.165) is 5.56 Å². The summed E-state index contributed by atoms with van der Waals surface area (Å²) in [6.45, 7) is -0.339. The first kappa shape index (κ1) is 18.0. The van der Waals surface area contributed by atoms with E-state index >= 15 is 0 Å². The molecule has 0 atom stereocenters. The summed E-state index contributed by atoms with van der Waals surface area (Å²) >= 11 is 0. The Bertz CT molecular complexity index is 705. The van der Waals surface area contributed by atoms with Gasteiger partial charge in [0.05, 0.1) is 6.54 Å². The van der Waals surface area contributed by atoms with Gasteiger partial charge in [-0.15, -0.1) is 0 Å². The molecule has 0 spiro atoms. The zero-order chi connectivity index (χ0) is 17.9. The Morgan fingerprint density at radius 1 is 0.760 bits per heavy atom. The van der Waals surface area contributed by atoms with E-state index in [2.05, 4.69) is 16.0 Å². The molecule has 0 heterocycles. The first-order valence-corrected chi connectivity index (χ1v) is 7.69. The van der Waals surface area contributed by atoms with Crippen LogP contribution in [-0.4, -0.2) is 31.0 Å². The Hall–Kier alpha value is -3.35. The van der Waals surface area contributed by atoms with Crippen LogP contribution >= 0.6 is 0 Å². The largest absolute Gasteiger partial charge is 0.445 e. The van der Waals surface area contributed by atoms with Gasteiger partial charge in [0.1, 0.15) is 13.2 Å². The minimum atomic E-state index is -0.701. The molecule has 0 fully saturated rings. The second-order valence-corrected chi connectivity index (χ2v) is 5.11. The molecule has 25 heavy (non-hydrogen) atoms. The first-order valence-electron chi connectivity index (χ1n) is 7.69. The standard InChI is InChI=1S/C18H19N3O4/c22-16(19-12-17(23)21-15-9-5-2-6-10-15)11-20-18(24)25-13-14-7-3-1-4-8-14/h1-10H,11-13H2,(H,19,22)(H,20,24)(H,21,23). The van der Waals surface area contributed by atoms with E-state index in [1.165, 1.54) is 0 Å². The quantitative estimate of drug-likeness (QED) is 0.714. The molecule has 7 nitrogen and oxygen atoms in total. The van der Waals surface area contributed by atoms with E-state index in [-0.39, 0.29) is 25.6 Å². The molecular formula is C18H19N3O4. The third-order valence-electron chi connectivity index (χ3n) is 3.11. The second-order valence-electron chi connectivity index (χ2n) is 5.11. The summed E-state index contributed by atoms with van der Waals surface area (Å²) < 4.78 is 4.97. The number of rotatable bonds is 7.